The summed E-state index contributed by atoms with van der Waals surface area (Å²) in [5.74, 6) is 0.371. The highest BCUT2D eigenvalue weighted by Crippen LogP contribution is 2.23. The number of sulfone groups is 1. The maximum absolute atomic E-state index is 12.5. The van der Waals surface area contributed by atoms with E-state index in [0.29, 0.717) is 24.6 Å². The molecule has 0 spiro atoms. The fraction of sp³-hybridized carbons (Fsp3) is 0.391. The zero-order chi connectivity index (χ0) is 23.0. The van der Waals surface area contributed by atoms with Crippen LogP contribution < -0.4 is 9.54 Å². The standard InChI is InChI=1S/C23H28N2O5S2/c1-3-30-19-11-12-20-21(16-19)31-23(25(20)13-14-29-2)24-22(26)10-7-15-32(27,28)17-18-8-5-4-6-9-18/h4-6,8-9,11-12,16H,3,7,10,13-15,17H2,1-2H3. The van der Waals surface area contributed by atoms with Crippen LogP contribution in [0, 0.1) is 0 Å². The first kappa shape index (κ1) is 24.2. The number of amides is 1. The zero-order valence-corrected chi connectivity index (χ0v) is 20.0. The van der Waals surface area contributed by atoms with Gasteiger partial charge < -0.3 is 14.0 Å². The average molecular weight is 477 g/mol. The van der Waals surface area contributed by atoms with Crippen LogP contribution in [-0.2, 0) is 31.7 Å². The summed E-state index contributed by atoms with van der Waals surface area (Å²) in [6.07, 6.45) is 0.325. The number of fused-ring (bicyclic) bond motifs is 1. The minimum atomic E-state index is -3.28. The summed E-state index contributed by atoms with van der Waals surface area (Å²) < 4.78 is 38.4. The molecule has 0 saturated heterocycles. The van der Waals surface area contributed by atoms with Gasteiger partial charge >= 0.3 is 0 Å². The zero-order valence-electron chi connectivity index (χ0n) is 18.3. The maximum atomic E-state index is 12.5. The van der Waals surface area contributed by atoms with E-state index in [4.69, 9.17) is 9.47 Å². The molecule has 0 aliphatic heterocycles. The van der Waals surface area contributed by atoms with Gasteiger partial charge in [0.2, 0.25) is 5.91 Å². The van der Waals surface area contributed by atoms with Crippen molar-refractivity contribution in [3.8, 4) is 5.75 Å². The van der Waals surface area contributed by atoms with Crippen molar-refractivity contribution in [3.05, 3.63) is 58.9 Å². The SMILES string of the molecule is CCOc1ccc2c(c1)sc(=NC(=O)CCCS(=O)(=O)Cc1ccccc1)n2CCOC. The first-order valence-corrected chi connectivity index (χ1v) is 13.1. The molecule has 2 aromatic carbocycles. The van der Waals surface area contributed by atoms with Gasteiger partial charge in [0.1, 0.15) is 5.75 Å². The molecule has 0 radical (unpaired) electrons. The number of benzene rings is 2. The number of ether oxygens (including phenoxy) is 2. The molecule has 1 heterocycles. The molecular formula is C23H28N2O5S2. The van der Waals surface area contributed by atoms with E-state index in [1.54, 1.807) is 19.2 Å². The molecule has 0 fully saturated rings. The lowest BCUT2D eigenvalue weighted by Gasteiger charge is -2.06. The van der Waals surface area contributed by atoms with Crippen molar-refractivity contribution in [2.24, 2.45) is 4.99 Å². The molecule has 3 aromatic rings. The van der Waals surface area contributed by atoms with Gasteiger partial charge in [0, 0.05) is 20.1 Å². The van der Waals surface area contributed by atoms with E-state index in [2.05, 4.69) is 4.99 Å². The topological polar surface area (TPSA) is 87.0 Å². The molecule has 3 rings (SSSR count). The van der Waals surface area contributed by atoms with Crippen molar-refractivity contribution < 1.29 is 22.7 Å². The van der Waals surface area contributed by atoms with Crippen molar-refractivity contribution in [2.75, 3.05) is 26.1 Å². The number of thiazole rings is 1. The van der Waals surface area contributed by atoms with Gasteiger partial charge in [-0.1, -0.05) is 41.7 Å². The van der Waals surface area contributed by atoms with Crippen LogP contribution >= 0.6 is 11.3 Å². The van der Waals surface area contributed by atoms with E-state index < -0.39 is 9.84 Å². The van der Waals surface area contributed by atoms with Crippen molar-refractivity contribution in [1.29, 1.82) is 0 Å². The monoisotopic (exact) mass is 476 g/mol. The summed E-state index contributed by atoms with van der Waals surface area (Å²) in [5.41, 5.74) is 1.70. The predicted molar refractivity (Wildman–Crippen MR) is 127 cm³/mol. The van der Waals surface area contributed by atoms with Crippen LogP contribution in [0.1, 0.15) is 25.3 Å². The lowest BCUT2D eigenvalue weighted by Crippen LogP contribution is -2.19. The average Bonchev–Trinajstić information content (AvgIpc) is 3.08. The lowest BCUT2D eigenvalue weighted by atomic mass is 10.2. The van der Waals surface area contributed by atoms with Crippen molar-refractivity contribution in [3.63, 3.8) is 0 Å². The Bertz CT molecular complexity index is 1210. The summed E-state index contributed by atoms with van der Waals surface area (Å²) in [6.45, 7) is 3.54. The molecule has 0 aliphatic rings. The quantitative estimate of drug-likeness (QED) is 0.422. The number of methoxy groups -OCH3 is 1. The molecule has 0 aliphatic carbocycles. The molecule has 0 N–H and O–H groups in total. The first-order valence-electron chi connectivity index (χ1n) is 10.5. The second-order valence-corrected chi connectivity index (χ2v) is 10.5. The molecule has 0 bridgehead atoms. The highest BCUT2D eigenvalue weighted by atomic mass is 32.2. The predicted octanol–water partition coefficient (Wildman–Crippen LogP) is 3.57. The van der Waals surface area contributed by atoms with Gasteiger partial charge in [-0.15, -0.1) is 0 Å². The Morgan fingerprint density at radius 2 is 1.94 bits per heavy atom. The molecule has 1 aromatic heterocycles. The number of carbonyl (C=O) groups is 1. The van der Waals surface area contributed by atoms with Gasteiger partial charge in [-0.05, 0) is 37.1 Å². The maximum Gasteiger partial charge on any atom is 0.248 e. The molecule has 32 heavy (non-hydrogen) atoms. The van der Waals surface area contributed by atoms with Gasteiger partial charge in [0.25, 0.3) is 0 Å². The number of nitrogens with zero attached hydrogens (tertiary/aromatic N) is 2. The number of hydrogen-bond donors (Lipinski definition) is 0. The van der Waals surface area contributed by atoms with Crippen LogP contribution in [0.5, 0.6) is 5.75 Å². The summed E-state index contributed by atoms with van der Waals surface area (Å²) >= 11 is 1.41. The summed E-state index contributed by atoms with van der Waals surface area (Å²) in [7, 11) is -1.66. The van der Waals surface area contributed by atoms with Gasteiger partial charge in [-0.25, -0.2) is 8.42 Å². The number of rotatable bonds is 11. The number of aromatic nitrogens is 1. The van der Waals surface area contributed by atoms with Crippen LogP contribution in [0.4, 0.5) is 0 Å². The second kappa shape index (κ2) is 11.4. The van der Waals surface area contributed by atoms with Gasteiger partial charge in [0.15, 0.2) is 14.6 Å². The van der Waals surface area contributed by atoms with Crippen LogP contribution in [0.2, 0.25) is 0 Å². The Labute approximate surface area is 192 Å². The summed E-state index contributed by atoms with van der Waals surface area (Å²) in [4.78, 5) is 17.4. The van der Waals surface area contributed by atoms with Crippen LogP contribution in [0.25, 0.3) is 10.2 Å². The van der Waals surface area contributed by atoms with Crippen LogP contribution in [0.3, 0.4) is 0 Å². The Hall–Kier alpha value is -2.49. The Morgan fingerprint density at radius 1 is 1.16 bits per heavy atom. The molecule has 0 unspecified atom stereocenters. The van der Waals surface area contributed by atoms with Gasteiger partial charge in [-0.2, -0.15) is 4.99 Å². The minimum Gasteiger partial charge on any atom is -0.494 e. The molecule has 7 nitrogen and oxygen atoms in total. The summed E-state index contributed by atoms with van der Waals surface area (Å²) in [5, 5.41) is 0. The second-order valence-electron chi connectivity index (χ2n) is 7.28. The third-order valence-corrected chi connectivity index (χ3v) is 7.50. The highest BCUT2D eigenvalue weighted by Gasteiger charge is 2.14. The normalized spacial score (nSPS) is 12.4. The Kier molecular flexibility index (Phi) is 8.60. The van der Waals surface area contributed by atoms with E-state index in [1.165, 1.54) is 11.3 Å². The molecule has 9 heteroatoms. The van der Waals surface area contributed by atoms with Crippen molar-refractivity contribution in [1.82, 2.24) is 4.57 Å². The van der Waals surface area contributed by atoms with E-state index in [-0.39, 0.29) is 30.3 Å². The fourth-order valence-electron chi connectivity index (χ4n) is 3.30. The first-order chi connectivity index (χ1) is 15.4. The molecular weight excluding hydrogens is 448 g/mol. The van der Waals surface area contributed by atoms with E-state index in [1.807, 2.05) is 47.9 Å². The Balaban J connectivity index is 1.71. The van der Waals surface area contributed by atoms with Gasteiger partial charge in [0.05, 0.1) is 34.9 Å². The van der Waals surface area contributed by atoms with Gasteiger partial charge in [-0.3, -0.25) is 4.79 Å². The lowest BCUT2D eigenvalue weighted by molar-refractivity contribution is -0.118. The molecule has 172 valence electrons. The van der Waals surface area contributed by atoms with Crippen LogP contribution in [0.15, 0.2) is 53.5 Å². The summed E-state index contributed by atoms with van der Waals surface area (Å²) in [6, 6.07) is 14.8. The van der Waals surface area contributed by atoms with E-state index in [0.717, 1.165) is 21.5 Å². The third kappa shape index (κ3) is 6.75. The number of hydrogen-bond acceptors (Lipinski definition) is 6. The largest absolute Gasteiger partial charge is 0.494 e. The van der Waals surface area contributed by atoms with Crippen molar-refractivity contribution >= 4 is 37.3 Å². The van der Waals surface area contributed by atoms with Crippen molar-refractivity contribution in [2.45, 2.75) is 32.1 Å². The van der Waals surface area contributed by atoms with Crippen LogP contribution in [-0.4, -0.2) is 45.0 Å². The third-order valence-electron chi connectivity index (χ3n) is 4.78. The van der Waals surface area contributed by atoms with E-state index >= 15 is 0 Å². The molecule has 0 saturated carbocycles. The smallest absolute Gasteiger partial charge is 0.248 e. The fourth-order valence-corrected chi connectivity index (χ4v) is 5.83. The molecule has 1 amide bonds. The molecule has 0 atom stereocenters. The van der Waals surface area contributed by atoms with E-state index in [9.17, 15) is 13.2 Å². The Morgan fingerprint density at radius 3 is 2.66 bits per heavy atom. The number of carbonyl (C=O) groups excluding carboxylic acids is 1. The minimum absolute atomic E-state index is 0.0192. The highest BCUT2D eigenvalue weighted by molar-refractivity contribution is 7.90.